The quantitative estimate of drug-likeness (QED) is 0.271. The number of fused-ring (bicyclic) bond motifs is 1. The molecule has 8 heteroatoms. The Balaban J connectivity index is 1.45. The van der Waals surface area contributed by atoms with Gasteiger partial charge in [-0.1, -0.05) is 12.1 Å². The van der Waals surface area contributed by atoms with Crippen LogP contribution in [0.1, 0.15) is 12.3 Å². The fourth-order valence-electron chi connectivity index (χ4n) is 2.98. The van der Waals surface area contributed by atoms with Gasteiger partial charge in [-0.25, -0.2) is 14.4 Å². The second-order valence-electron chi connectivity index (χ2n) is 6.43. The number of rotatable bonds is 7. The van der Waals surface area contributed by atoms with E-state index >= 15 is 0 Å². The summed E-state index contributed by atoms with van der Waals surface area (Å²) < 4.78 is 18.8. The fourth-order valence-corrected chi connectivity index (χ4v) is 2.98. The number of nitro groups is 1. The average molecular weight is 392 g/mol. The summed E-state index contributed by atoms with van der Waals surface area (Å²) in [6.45, 7) is 0.458. The molecule has 0 spiro atoms. The summed E-state index contributed by atoms with van der Waals surface area (Å²) in [4.78, 5) is 19.6. The van der Waals surface area contributed by atoms with Crippen LogP contribution >= 0.6 is 0 Å². The molecule has 0 fully saturated rings. The number of para-hydroxylation sites is 2. The van der Waals surface area contributed by atoms with Gasteiger partial charge < -0.3 is 9.73 Å². The van der Waals surface area contributed by atoms with Gasteiger partial charge in [0, 0.05) is 24.6 Å². The van der Waals surface area contributed by atoms with E-state index in [-0.39, 0.29) is 17.3 Å². The molecule has 2 aromatic carbocycles. The highest BCUT2D eigenvalue weighted by Gasteiger charge is 2.16. The largest absolute Gasteiger partial charge is 0.441 e. The lowest BCUT2D eigenvalue weighted by molar-refractivity contribution is -0.384. The van der Waals surface area contributed by atoms with E-state index in [1.54, 1.807) is 18.2 Å². The second-order valence-corrected chi connectivity index (χ2v) is 6.43. The Bertz CT molecular complexity index is 1130. The monoisotopic (exact) mass is 392 g/mol. The van der Waals surface area contributed by atoms with Crippen LogP contribution in [0.4, 0.5) is 15.9 Å². The standard InChI is InChI=1S/C21H17FN4O3/c22-15-9-7-14(8-10-15)16-11-12-18(26(27)28)21(25-16)23-13-3-6-20-24-17-4-1-2-5-19(17)29-20/h1-2,4-5,7-12H,3,6,13H2,(H,23,25). The Morgan fingerprint density at radius 2 is 1.83 bits per heavy atom. The molecule has 7 nitrogen and oxygen atoms in total. The predicted molar refractivity (Wildman–Crippen MR) is 107 cm³/mol. The summed E-state index contributed by atoms with van der Waals surface area (Å²) in [6, 6.07) is 16.3. The van der Waals surface area contributed by atoms with E-state index < -0.39 is 4.92 Å². The van der Waals surface area contributed by atoms with Crippen molar-refractivity contribution >= 4 is 22.6 Å². The van der Waals surface area contributed by atoms with Crippen molar-refractivity contribution < 1.29 is 13.7 Å². The summed E-state index contributed by atoms with van der Waals surface area (Å²) >= 11 is 0. The number of halogens is 1. The summed E-state index contributed by atoms with van der Waals surface area (Å²) in [5, 5.41) is 14.3. The fraction of sp³-hybridized carbons (Fsp3) is 0.143. The van der Waals surface area contributed by atoms with Crippen LogP contribution in [0.15, 0.2) is 65.1 Å². The highest BCUT2D eigenvalue weighted by atomic mass is 19.1. The van der Waals surface area contributed by atoms with E-state index in [2.05, 4.69) is 15.3 Å². The van der Waals surface area contributed by atoms with Crippen molar-refractivity contribution in [2.45, 2.75) is 12.8 Å². The molecular weight excluding hydrogens is 375 g/mol. The summed E-state index contributed by atoms with van der Waals surface area (Å²) in [5.74, 6) is 0.443. The van der Waals surface area contributed by atoms with E-state index in [9.17, 15) is 14.5 Å². The Hall–Kier alpha value is -3.81. The van der Waals surface area contributed by atoms with E-state index in [0.29, 0.717) is 36.5 Å². The molecule has 0 atom stereocenters. The van der Waals surface area contributed by atoms with E-state index in [1.807, 2.05) is 24.3 Å². The van der Waals surface area contributed by atoms with Gasteiger partial charge in [0.1, 0.15) is 11.3 Å². The molecule has 29 heavy (non-hydrogen) atoms. The third-order valence-corrected chi connectivity index (χ3v) is 4.41. The minimum Gasteiger partial charge on any atom is -0.441 e. The molecule has 0 radical (unpaired) electrons. The van der Waals surface area contributed by atoms with Crippen molar-refractivity contribution in [2.75, 3.05) is 11.9 Å². The van der Waals surface area contributed by atoms with Gasteiger partial charge in [-0.05, 0) is 48.9 Å². The van der Waals surface area contributed by atoms with Crippen LogP contribution in [-0.4, -0.2) is 21.4 Å². The predicted octanol–water partition coefficient (Wildman–Crippen LogP) is 4.98. The van der Waals surface area contributed by atoms with Crippen molar-refractivity contribution in [3.63, 3.8) is 0 Å². The van der Waals surface area contributed by atoms with Gasteiger partial charge >= 0.3 is 5.69 Å². The highest BCUT2D eigenvalue weighted by Crippen LogP contribution is 2.27. The third-order valence-electron chi connectivity index (χ3n) is 4.41. The first kappa shape index (κ1) is 18.5. The molecule has 2 aromatic heterocycles. The first-order chi connectivity index (χ1) is 14.1. The maximum absolute atomic E-state index is 13.1. The Labute approximate surface area is 165 Å². The zero-order valence-electron chi connectivity index (χ0n) is 15.3. The number of nitrogens with zero attached hydrogens (tertiary/aromatic N) is 3. The van der Waals surface area contributed by atoms with Crippen molar-refractivity contribution in [2.24, 2.45) is 0 Å². The summed E-state index contributed by atoms with van der Waals surface area (Å²) in [6.07, 6.45) is 1.25. The molecule has 0 aliphatic carbocycles. The summed E-state index contributed by atoms with van der Waals surface area (Å²) in [5.41, 5.74) is 2.63. The number of hydrogen-bond acceptors (Lipinski definition) is 6. The van der Waals surface area contributed by atoms with Gasteiger partial charge in [0.15, 0.2) is 11.5 Å². The number of anilines is 1. The minimum atomic E-state index is -0.482. The van der Waals surface area contributed by atoms with Crippen molar-refractivity contribution in [3.05, 3.63) is 82.5 Å². The first-order valence-electron chi connectivity index (χ1n) is 9.10. The topological polar surface area (TPSA) is 94.1 Å². The number of oxazole rings is 1. The van der Waals surface area contributed by atoms with Crippen LogP contribution in [-0.2, 0) is 6.42 Å². The lowest BCUT2D eigenvalue weighted by atomic mass is 10.1. The molecule has 4 aromatic rings. The second kappa shape index (κ2) is 8.05. The van der Waals surface area contributed by atoms with Gasteiger partial charge in [-0.15, -0.1) is 0 Å². The Kier molecular flexibility index (Phi) is 5.15. The number of benzene rings is 2. The number of pyridine rings is 1. The molecule has 0 aliphatic heterocycles. The zero-order chi connectivity index (χ0) is 20.2. The molecule has 0 unspecified atom stereocenters. The van der Waals surface area contributed by atoms with Gasteiger partial charge in [0.05, 0.1) is 10.6 Å². The first-order valence-corrected chi connectivity index (χ1v) is 9.10. The number of aromatic nitrogens is 2. The normalized spacial score (nSPS) is 10.9. The van der Waals surface area contributed by atoms with E-state index in [0.717, 1.165) is 11.1 Å². The van der Waals surface area contributed by atoms with Crippen molar-refractivity contribution in [1.82, 2.24) is 9.97 Å². The van der Waals surface area contributed by atoms with Crippen LogP contribution < -0.4 is 5.32 Å². The maximum Gasteiger partial charge on any atom is 0.311 e. The van der Waals surface area contributed by atoms with Crippen LogP contribution in [0.25, 0.3) is 22.4 Å². The van der Waals surface area contributed by atoms with Crippen LogP contribution in [0.5, 0.6) is 0 Å². The molecule has 0 saturated heterocycles. The van der Waals surface area contributed by atoms with Gasteiger partial charge in [-0.3, -0.25) is 10.1 Å². The smallest absolute Gasteiger partial charge is 0.311 e. The van der Waals surface area contributed by atoms with Crippen molar-refractivity contribution in [3.8, 4) is 11.3 Å². The molecule has 0 saturated carbocycles. The number of aryl methyl sites for hydroxylation is 1. The SMILES string of the molecule is O=[N+]([O-])c1ccc(-c2ccc(F)cc2)nc1NCCCc1nc2ccccc2o1. The van der Waals surface area contributed by atoms with E-state index in [1.165, 1.54) is 18.2 Å². The molecule has 0 aliphatic rings. The lowest BCUT2D eigenvalue weighted by Crippen LogP contribution is -2.08. The van der Waals surface area contributed by atoms with Gasteiger partial charge in [0.2, 0.25) is 5.82 Å². The Morgan fingerprint density at radius 1 is 1.03 bits per heavy atom. The van der Waals surface area contributed by atoms with Gasteiger partial charge in [0.25, 0.3) is 0 Å². The third kappa shape index (κ3) is 4.21. The highest BCUT2D eigenvalue weighted by molar-refractivity contribution is 5.72. The lowest BCUT2D eigenvalue weighted by Gasteiger charge is -2.08. The zero-order valence-corrected chi connectivity index (χ0v) is 15.3. The Morgan fingerprint density at radius 3 is 2.59 bits per heavy atom. The van der Waals surface area contributed by atoms with Crippen molar-refractivity contribution in [1.29, 1.82) is 0 Å². The van der Waals surface area contributed by atoms with E-state index in [4.69, 9.17) is 4.42 Å². The molecule has 0 amide bonds. The van der Waals surface area contributed by atoms with Crippen LogP contribution in [0.3, 0.4) is 0 Å². The van der Waals surface area contributed by atoms with Crippen LogP contribution in [0.2, 0.25) is 0 Å². The molecule has 146 valence electrons. The molecule has 0 bridgehead atoms. The molecular formula is C21H17FN4O3. The minimum absolute atomic E-state index is 0.113. The summed E-state index contributed by atoms with van der Waals surface area (Å²) in [7, 11) is 0. The van der Waals surface area contributed by atoms with Gasteiger partial charge in [-0.2, -0.15) is 0 Å². The molecule has 2 heterocycles. The molecule has 4 rings (SSSR count). The number of hydrogen-bond donors (Lipinski definition) is 1. The number of nitrogens with one attached hydrogen (secondary N) is 1. The maximum atomic E-state index is 13.1. The van der Waals surface area contributed by atoms with Crippen LogP contribution in [0, 0.1) is 15.9 Å². The average Bonchev–Trinajstić information content (AvgIpc) is 3.14. The molecule has 1 N–H and O–H groups in total.